The van der Waals surface area contributed by atoms with Crippen molar-refractivity contribution in [3.8, 4) is 5.75 Å². The lowest BCUT2D eigenvalue weighted by Gasteiger charge is -2.09. The number of rotatable bonds is 6. The van der Waals surface area contributed by atoms with Crippen LogP contribution in [0.4, 0.5) is 0 Å². The molecule has 0 radical (unpaired) electrons. The van der Waals surface area contributed by atoms with Gasteiger partial charge in [0.2, 0.25) is 5.78 Å². The van der Waals surface area contributed by atoms with Crippen LogP contribution < -0.4 is 4.74 Å². The topological polar surface area (TPSA) is 83.3 Å². The summed E-state index contributed by atoms with van der Waals surface area (Å²) in [5.74, 6) is 0.0464. The minimum Gasteiger partial charge on any atom is -0.485 e. The van der Waals surface area contributed by atoms with Crippen LogP contribution in [0.5, 0.6) is 5.75 Å². The predicted molar refractivity (Wildman–Crippen MR) is 95.3 cm³/mol. The summed E-state index contributed by atoms with van der Waals surface area (Å²) in [5.41, 5.74) is 2.82. The summed E-state index contributed by atoms with van der Waals surface area (Å²) in [6.07, 6.45) is 3.18. The van der Waals surface area contributed by atoms with Crippen LogP contribution in [-0.2, 0) is 16.1 Å². The predicted octanol–water partition coefficient (Wildman–Crippen LogP) is 2.48. The highest BCUT2D eigenvalue weighted by Crippen LogP contribution is 2.20. The van der Waals surface area contributed by atoms with Crippen LogP contribution in [0, 0.1) is 13.8 Å². The fraction of sp³-hybridized carbons (Fsp3) is 0.263. The number of benzene rings is 1. The van der Waals surface area contributed by atoms with Gasteiger partial charge in [-0.25, -0.2) is 9.97 Å². The van der Waals surface area contributed by atoms with E-state index in [9.17, 15) is 9.59 Å². The van der Waals surface area contributed by atoms with Gasteiger partial charge in [0, 0.05) is 34.6 Å². The molecule has 7 heteroatoms. The highest BCUT2D eigenvalue weighted by molar-refractivity contribution is 5.98. The smallest absolute Gasteiger partial charge is 0.325 e. The van der Waals surface area contributed by atoms with E-state index in [2.05, 4.69) is 9.97 Å². The molecule has 2 aromatic heterocycles. The number of nitrogens with zero attached hydrogens (tertiary/aromatic N) is 3. The van der Waals surface area contributed by atoms with Gasteiger partial charge in [-0.15, -0.1) is 0 Å². The van der Waals surface area contributed by atoms with Crippen LogP contribution >= 0.6 is 0 Å². The molecule has 0 saturated carbocycles. The van der Waals surface area contributed by atoms with Gasteiger partial charge in [0.25, 0.3) is 0 Å². The van der Waals surface area contributed by atoms with Gasteiger partial charge in [-0.2, -0.15) is 0 Å². The highest BCUT2D eigenvalue weighted by Gasteiger charge is 2.18. The first kappa shape index (κ1) is 17.6. The zero-order valence-corrected chi connectivity index (χ0v) is 14.9. The second-order valence-corrected chi connectivity index (χ2v) is 5.90. The average molecular weight is 353 g/mol. The molecular formula is C19H19N3O4. The number of carbonyl (C=O) groups is 2. The molecule has 7 nitrogen and oxygen atoms in total. The Hall–Kier alpha value is -3.22. The summed E-state index contributed by atoms with van der Waals surface area (Å²) in [6, 6.07) is 7.15. The van der Waals surface area contributed by atoms with Crippen LogP contribution in [0.3, 0.4) is 0 Å². The lowest BCUT2D eigenvalue weighted by Crippen LogP contribution is -2.16. The first-order valence-corrected chi connectivity index (χ1v) is 8.09. The number of hydrogen-bond acceptors (Lipinski definition) is 6. The van der Waals surface area contributed by atoms with Crippen LogP contribution in [0.15, 0.2) is 36.8 Å². The lowest BCUT2D eigenvalue weighted by molar-refractivity contribution is -0.141. The van der Waals surface area contributed by atoms with Crippen LogP contribution in [0.1, 0.15) is 21.7 Å². The van der Waals surface area contributed by atoms with Crippen LogP contribution in [0.2, 0.25) is 0 Å². The number of fused-ring (bicyclic) bond motifs is 1. The molecule has 0 spiro atoms. The number of aryl methyl sites for hydroxylation is 1. The van der Waals surface area contributed by atoms with Crippen molar-refractivity contribution >= 4 is 22.7 Å². The van der Waals surface area contributed by atoms with Gasteiger partial charge in [0.15, 0.2) is 6.61 Å². The van der Waals surface area contributed by atoms with E-state index in [1.807, 2.05) is 13.0 Å². The Morgan fingerprint density at radius 2 is 2.00 bits per heavy atom. The highest BCUT2D eigenvalue weighted by atomic mass is 16.5. The van der Waals surface area contributed by atoms with E-state index in [0.717, 1.165) is 16.6 Å². The molecule has 0 N–H and O–H groups in total. The van der Waals surface area contributed by atoms with Gasteiger partial charge >= 0.3 is 5.97 Å². The monoisotopic (exact) mass is 353 g/mol. The van der Waals surface area contributed by atoms with Crippen molar-refractivity contribution in [2.75, 3.05) is 13.7 Å². The molecule has 3 aromatic rings. The number of Topliss-reactive ketones (excluding diaryl/α,β-unsaturated/α-hetero) is 1. The molecule has 0 atom stereocenters. The quantitative estimate of drug-likeness (QED) is 0.500. The molecular weight excluding hydrogens is 334 g/mol. The average Bonchev–Trinajstić information content (AvgIpc) is 2.94. The van der Waals surface area contributed by atoms with Crippen molar-refractivity contribution in [3.63, 3.8) is 0 Å². The lowest BCUT2D eigenvalue weighted by atomic mass is 10.1. The van der Waals surface area contributed by atoms with Gasteiger partial charge < -0.3 is 14.0 Å². The van der Waals surface area contributed by atoms with Crippen LogP contribution in [0.25, 0.3) is 10.9 Å². The molecule has 26 heavy (non-hydrogen) atoms. The van der Waals surface area contributed by atoms with E-state index in [4.69, 9.17) is 9.47 Å². The molecule has 0 amide bonds. The Kier molecular flexibility index (Phi) is 4.97. The molecule has 134 valence electrons. The van der Waals surface area contributed by atoms with E-state index in [-0.39, 0.29) is 24.9 Å². The van der Waals surface area contributed by atoms with E-state index in [1.54, 1.807) is 35.9 Å². The van der Waals surface area contributed by atoms with Crippen molar-refractivity contribution in [1.82, 2.24) is 14.5 Å². The number of ether oxygens (including phenoxy) is 2. The maximum absolute atomic E-state index is 12.5. The molecule has 0 bridgehead atoms. The summed E-state index contributed by atoms with van der Waals surface area (Å²) in [4.78, 5) is 32.2. The molecule has 0 fully saturated rings. The largest absolute Gasteiger partial charge is 0.485 e. The van der Waals surface area contributed by atoms with Crippen molar-refractivity contribution in [3.05, 3.63) is 53.7 Å². The van der Waals surface area contributed by atoms with Crippen molar-refractivity contribution < 1.29 is 19.1 Å². The number of hydrogen-bond donors (Lipinski definition) is 0. The van der Waals surface area contributed by atoms with Crippen molar-refractivity contribution in [2.24, 2.45) is 0 Å². The second-order valence-electron chi connectivity index (χ2n) is 5.90. The maximum Gasteiger partial charge on any atom is 0.325 e. The normalized spacial score (nSPS) is 10.7. The molecule has 0 aliphatic heterocycles. The van der Waals surface area contributed by atoms with Gasteiger partial charge in [-0.05, 0) is 32.0 Å². The second kappa shape index (κ2) is 7.35. The van der Waals surface area contributed by atoms with Gasteiger partial charge in [-0.3, -0.25) is 9.59 Å². The fourth-order valence-electron chi connectivity index (χ4n) is 2.79. The zero-order valence-electron chi connectivity index (χ0n) is 14.9. The molecule has 0 saturated heterocycles. The Morgan fingerprint density at radius 1 is 1.19 bits per heavy atom. The number of methoxy groups -OCH3 is 1. The summed E-state index contributed by atoms with van der Waals surface area (Å²) in [5, 5.41) is 0.900. The van der Waals surface area contributed by atoms with Gasteiger partial charge in [0.05, 0.1) is 12.6 Å². The number of aromatic nitrogens is 3. The maximum atomic E-state index is 12.5. The fourth-order valence-corrected chi connectivity index (χ4v) is 2.79. The number of esters is 1. The molecule has 1 aromatic carbocycles. The SMILES string of the molecule is COC(=O)Cn1c(C)cc(C(=O)COc2ccc3cncnc3c2)c1C. The zero-order chi connectivity index (χ0) is 18.7. The third-order valence-electron chi connectivity index (χ3n) is 4.24. The Balaban J connectivity index is 1.73. The Bertz CT molecular complexity index is 978. The summed E-state index contributed by atoms with van der Waals surface area (Å²) < 4.78 is 12.1. The molecule has 3 rings (SSSR count). The van der Waals surface area contributed by atoms with Crippen LogP contribution in [-0.4, -0.2) is 40.0 Å². The third kappa shape index (κ3) is 3.56. The Morgan fingerprint density at radius 3 is 2.77 bits per heavy atom. The summed E-state index contributed by atoms with van der Waals surface area (Å²) in [7, 11) is 1.34. The third-order valence-corrected chi connectivity index (χ3v) is 4.24. The van der Waals surface area contributed by atoms with Crippen molar-refractivity contribution in [2.45, 2.75) is 20.4 Å². The van der Waals surface area contributed by atoms with Gasteiger partial charge in [0.1, 0.15) is 18.6 Å². The van der Waals surface area contributed by atoms with E-state index < -0.39 is 0 Å². The van der Waals surface area contributed by atoms with Gasteiger partial charge in [-0.1, -0.05) is 0 Å². The Labute approximate surface area is 150 Å². The standard InChI is InChI=1S/C19H19N3O4/c1-12-6-16(13(2)22(12)9-19(24)25-3)18(23)10-26-15-5-4-14-8-20-11-21-17(14)7-15/h4-8,11H,9-10H2,1-3H3. The van der Waals surface area contributed by atoms with E-state index in [1.165, 1.54) is 13.4 Å². The molecule has 0 aliphatic rings. The summed E-state index contributed by atoms with van der Waals surface area (Å²) in [6.45, 7) is 3.62. The first-order valence-electron chi connectivity index (χ1n) is 8.09. The molecule has 0 unspecified atom stereocenters. The number of carbonyl (C=O) groups excluding carboxylic acids is 2. The first-order chi connectivity index (χ1) is 12.5. The van der Waals surface area contributed by atoms with E-state index in [0.29, 0.717) is 17.0 Å². The molecule has 0 aliphatic carbocycles. The number of ketones is 1. The molecule has 2 heterocycles. The van der Waals surface area contributed by atoms with E-state index >= 15 is 0 Å². The minimum atomic E-state index is -0.361. The summed E-state index contributed by atoms with van der Waals surface area (Å²) >= 11 is 0. The minimum absolute atomic E-state index is 0.0761. The van der Waals surface area contributed by atoms with Crippen molar-refractivity contribution in [1.29, 1.82) is 0 Å².